The second kappa shape index (κ2) is 8.21. The highest BCUT2D eigenvalue weighted by molar-refractivity contribution is 7.98. The fraction of sp³-hybridized carbons (Fsp3) is 0.250. The molecular weight excluding hydrogens is 420 g/mol. The first-order valence-corrected chi connectivity index (χ1v) is 11.8. The second-order valence-corrected chi connectivity index (χ2v) is 9.91. The highest BCUT2D eigenvalue weighted by Crippen LogP contribution is 2.27. The molecule has 0 radical (unpaired) electrons. The van der Waals surface area contributed by atoms with Crippen LogP contribution in [0.5, 0.6) is 0 Å². The number of rotatable bonds is 7. The molecule has 0 fully saturated rings. The third kappa shape index (κ3) is 3.73. The summed E-state index contributed by atoms with van der Waals surface area (Å²) in [7, 11) is -0.460. The van der Waals surface area contributed by atoms with Gasteiger partial charge in [-0.25, -0.2) is 17.7 Å². The van der Waals surface area contributed by atoms with Crippen molar-refractivity contribution in [2.75, 3.05) is 14.1 Å². The molecule has 0 bridgehead atoms. The topological polar surface area (TPSA) is 85.9 Å². The minimum atomic E-state index is -3.51. The Hall–Kier alpha value is -2.69. The molecule has 2 heterocycles. The van der Waals surface area contributed by atoms with Crippen molar-refractivity contribution in [2.45, 2.75) is 29.3 Å². The number of aryl methyl sites for hydroxylation is 1. The van der Waals surface area contributed by atoms with Crippen LogP contribution in [0.25, 0.3) is 16.7 Å². The summed E-state index contributed by atoms with van der Waals surface area (Å²) >= 11 is 1.54. The zero-order valence-electron chi connectivity index (χ0n) is 16.9. The summed E-state index contributed by atoms with van der Waals surface area (Å²) in [6, 6.07) is 15.0. The maximum atomic E-state index is 12.5. The molecule has 156 valence electrons. The van der Waals surface area contributed by atoms with Crippen molar-refractivity contribution in [2.24, 2.45) is 0 Å². The molecule has 0 saturated heterocycles. The Kier molecular flexibility index (Phi) is 5.63. The van der Waals surface area contributed by atoms with Crippen molar-refractivity contribution >= 4 is 32.8 Å². The van der Waals surface area contributed by atoms with Gasteiger partial charge in [0.15, 0.2) is 5.16 Å². The third-order valence-corrected chi connectivity index (χ3v) is 7.52. The Bertz CT molecular complexity index is 1280. The lowest BCUT2D eigenvalue weighted by Gasteiger charge is -2.11. The Morgan fingerprint density at radius 2 is 1.87 bits per heavy atom. The summed E-state index contributed by atoms with van der Waals surface area (Å²) < 4.78 is 30.2. The Morgan fingerprint density at radius 3 is 2.57 bits per heavy atom. The van der Waals surface area contributed by atoms with Crippen LogP contribution < -0.4 is 0 Å². The van der Waals surface area contributed by atoms with Crippen LogP contribution in [0.15, 0.2) is 64.9 Å². The quantitative estimate of drug-likeness (QED) is 0.409. The summed E-state index contributed by atoms with van der Waals surface area (Å²) in [4.78, 5) is 4.96. The van der Waals surface area contributed by atoms with Crippen molar-refractivity contribution in [1.82, 2.24) is 28.6 Å². The van der Waals surface area contributed by atoms with E-state index in [1.807, 2.05) is 47.9 Å². The van der Waals surface area contributed by atoms with Crippen LogP contribution in [-0.2, 0) is 22.3 Å². The zero-order chi connectivity index (χ0) is 21.3. The number of nitrogens with zero attached hydrogens (tertiary/aromatic N) is 6. The number of hydrogen-bond donors (Lipinski definition) is 0. The number of sulfonamides is 1. The lowest BCUT2D eigenvalue weighted by Crippen LogP contribution is -2.22. The van der Waals surface area contributed by atoms with Gasteiger partial charge in [-0.1, -0.05) is 30.0 Å². The van der Waals surface area contributed by atoms with Crippen molar-refractivity contribution in [3.63, 3.8) is 0 Å². The van der Waals surface area contributed by atoms with E-state index in [9.17, 15) is 8.42 Å². The van der Waals surface area contributed by atoms with Crippen LogP contribution in [0.1, 0.15) is 12.7 Å². The average molecular weight is 443 g/mol. The van der Waals surface area contributed by atoms with E-state index in [0.29, 0.717) is 11.3 Å². The molecule has 10 heteroatoms. The van der Waals surface area contributed by atoms with Crippen LogP contribution in [0.4, 0.5) is 0 Å². The summed E-state index contributed by atoms with van der Waals surface area (Å²) in [5, 5.41) is 9.05. The molecule has 2 aromatic carbocycles. The lowest BCUT2D eigenvalue weighted by molar-refractivity contribution is 0.521. The SMILES string of the molecule is CCn1c(CSc2nncn2-c2ccccc2)nc2cc(S(=O)(=O)N(C)C)ccc21. The molecule has 8 nitrogen and oxygen atoms in total. The van der Waals surface area contributed by atoms with Gasteiger partial charge in [-0.3, -0.25) is 4.57 Å². The van der Waals surface area contributed by atoms with Gasteiger partial charge < -0.3 is 4.57 Å². The summed E-state index contributed by atoms with van der Waals surface area (Å²) in [5.74, 6) is 1.45. The normalized spacial score (nSPS) is 12.1. The Morgan fingerprint density at radius 1 is 1.10 bits per heavy atom. The van der Waals surface area contributed by atoms with Crippen LogP contribution in [0.2, 0.25) is 0 Å². The Labute approximate surface area is 179 Å². The van der Waals surface area contributed by atoms with Crippen molar-refractivity contribution in [3.05, 3.63) is 60.7 Å². The van der Waals surface area contributed by atoms with Gasteiger partial charge in [0, 0.05) is 26.3 Å². The first kappa shape index (κ1) is 20.6. The second-order valence-electron chi connectivity index (χ2n) is 6.82. The highest BCUT2D eigenvalue weighted by atomic mass is 32.2. The van der Waals surface area contributed by atoms with Crippen molar-refractivity contribution < 1.29 is 8.42 Å². The molecule has 0 spiro atoms. The van der Waals surface area contributed by atoms with Gasteiger partial charge in [-0.05, 0) is 37.3 Å². The predicted molar refractivity (Wildman–Crippen MR) is 117 cm³/mol. The molecular formula is C20H22N6O2S2. The maximum absolute atomic E-state index is 12.5. The highest BCUT2D eigenvalue weighted by Gasteiger charge is 2.20. The van der Waals surface area contributed by atoms with Gasteiger partial charge in [-0.15, -0.1) is 10.2 Å². The van der Waals surface area contributed by atoms with E-state index in [1.54, 1.807) is 30.2 Å². The first-order chi connectivity index (χ1) is 14.4. The largest absolute Gasteiger partial charge is 0.328 e. The first-order valence-electron chi connectivity index (χ1n) is 9.41. The molecule has 2 aromatic heterocycles. The monoisotopic (exact) mass is 442 g/mol. The average Bonchev–Trinajstić information content (AvgIpc) is 3.36. The van der Waals surface area contributed by atoms with E-state index in [0.717, 1.165) is 28.7 Å². The van der Waals surface area contributed by atoms with E-state index >= 15 is 0 Å². The summed E-state index contributed by atoms with van der Waals surface area (Å²) in [6.07, 6.45) is 1.69. The molecule has 0 N–H and O–H groups in total. The molecule has 0 unspecified atom stereocenters. The van der Waals surface area contributed by atoms with Crippen LogP contribution in [0, 0.1) is 0 Å². The minimum Gasteiger partial charge on any atom is -0.328 e. The lowest BCUT2D eigenvalue weighted by atomic mass is 10.3. The van der Waals surface area contributed by atoms with E-state index in [4.69, 9.17) is 4.98 Å². The molecule has 30 heavy (non-hydrogen) atoms. The molecule has 0 saturated carbocycles. The number of aromatic nitrogens is 5. The number of thioether (sulfide) groups is 1. The van der Waals surface area contributed by atoms with Gasteiger partial charge in [0.2, 0.25) is 10.0 Å². The molecule has 0 aliphatic heterocycles. The fourth-order valence-electron chi connectivity index (χ4n) is 3.21. The standard InChI is InChI=1S/C20H22N6O2S2/c1-4-25-18-11-10-16(30(27,28)24(2)3)12-17(18)22-19(25)13-29-20-23-21-14-26(20)15-8-6-5-7-9-15/h5-12,14H,4,13H2,1-3H3. The van der Waals surface area contributed by atoms with Gasteiger partial charge >= 0.3 is 0 Å². The van der Waals surface area contributed by atoms with E-state index < -0.39 is 10.0 Å². The maximum Gasteiger partial charge on any atom is 0.242 e. The zero-order valence-corrected chi connectivity index (χ0v) is 18.6. The van der Waals surface area contributed by atoms with Crippen LogP contribution in [0.3, 0.4) is 0 Å². The van der Waals surface area contributed by atoms with E-state index in [1.165, 1.54) is 18.4 Å². The van der Waals surface area contributed by atoms with E-state index in [2.05, 4.69) is 14.8 Å². The summed E-state index contributed by atoms with van der Waals surface area (Å²) in [5.41, 5.74) is 2.57. The van der Waals surface area contributed by atoms with Gasteiger partial charge in [-0.2, -0.15) is 0 Å². The fourth-order valence-corrected chi connectivity index (χ4v) is 5.01. The smallest absolute Gasteiger partial charge is 0.242 e. The molecule has 0 aliphatic rings. The van der Waals surface area contributed by atoms with Crippen molar-refractivity contribution in [1.29, 1.82) is 0 Å². The van der Waals surface area contributed by atoms with Crippen LogP contribution >= 0.6 is 11.8 Å². The molecule has 0 amide bonds. The molecule has 4 rings (SSSR count). The van der Waals surface area contributed by atoms with E-state index in [-0.39, 0.29) is 4.90 Å². The van der Waals surface area contributed by atoms with Gasteiger partial charge in [0.25, 0.3) is 0 Å². The number of hydrogen-bond acceptors (Lipinski definition) is 6. The Balaban J connectivity index is 1.65. The van der Waals surface area contributed by atoms with Gasteiger partial charge in [0.1, 0.15) is 12.2 Å². The van der Waals surface area contributed by atoms with Crippen molar-refractivity contribution in [3.8, 4) is 5.69 Å². The van der Waals surface area contributed by atoms with Crippen LogP contribution in [-0.4, -0.2) is 51.1 Å². The number of imidazole rings is 1. The molecule has 0 atom stereocenters. The molecule has 0 aliphatic carbocycles. The minimum absolute atomic E-state index is 0.240. The summed E-state index contributed by atoms with van der Waals surface area (Å²) in [6.45, 7) is 2.78. The number of fused-ring (bicyclic) bond motifs is 1. The number of benzene rings is 2. The van der Waals surface area contributed by atoms with Gasteiger partial charge in [0.05, 0.1) is 21.7 Å². The third-order valence-electron chi connectivity index (χ3n) is 4.77. The molecule has 4 aromatic rings. The number of para-hydroxylation sites is 1. The predicted octanol–water partition coefficient (Wildman–Crippen LogP) is 3.18.